The van der Waals surface area contributed by atoms with Gasteiger partial charge in [0.15, 0.2) is 0 Å². The third kappa shape index (κ3) is 8.33. The Balaban J connectivity index is 1.88. The van der Waals surface area contributed by atoms with E-state index >= 15 is 0 Å². The Morgan fingerprint density at radius 1 is 0.793 bits per heavy atom. The summed E-state index contributed by atoms with van der Waals surface area (Å²) in [6, 6.07) is 13.7. The molecule has 0 aliphatic rings. The molecule has 0 aliphatic carbocycles. The van der Waals surface area contributed by atoms with Crippen molar-refractivity contribution in [3.05, 3.63) is 70.8 Å². The van der Waals surface area contributed by atoms with Crippen LogP contribution in [0.2, 0.25) is 0 Å². The van der Waals surface area contributed by atoms with E-state index in [1.54, 1.807) is 12.1 Å². The first-order valence-corrected chi connectivity index (χ1v) is 10.4. The number of nitrogens with zero attached hydrogens (tertiary/aromatic N) is 1. The van der Waals surface area contributed by atoms with Crippen molar-refractivity contribution < 1.29 is 13.2 Å². The van der Waals surface area contributed by atoms with Crippen molar-refractivity contribution in [3.8, 4) is 11.8 Å². The molecule has 0 saturated heterocycles. The first-order valence-electron chi connectivity index (χ1n) is 10.4. The number of unbranched alkanes of at least 4 members (excludes halogenated alkanes) is 4. The lowest BCUT2D eigenvalue weighted by atomic mass is 10.1. The van der Waals surface area contributed by atoms with E-state index in [0.717, 1.165) is 49.2 Å². The van der Waals surface area contributed by atoms with Gasteiger partial charge in [-0.15, -0.1) is 0 Å². The number of halogens is 3. The van der Waals surface area contributed by atoms with Crippen molar-refractivity contribution >= 4 is 0 Å². The quantitative estimate of drug-likeness (QED) is 0.321. The van der Waals surface area contributed by atoms with Crippen LogP contribution in [0.4, 0.5) is 13.2 Å². The number of hydrogen-bond donors (Lipinski definition) is 0. The smallest absolute Gasteiger partial charge is 0.295 e. The van der Waals surface area contributed by atoms with E-state index in [2.05, 4.69) is 42.7 Å². The highest BCUT2D eigenvalue weighted by Crippen LogP contribution is 2.29. The molecule has 2 rings (SSSR count). The molecule has 2 aromatic rings. The first-order chi connectivity index (χ1) is 13.9. The van der Waals surface area contributed by atoms with E-state index < -0.39 is 11.7 Å². The number of alkyl halides is 3. The van der Waals surface area contributed by atoms with Gasteiger partial charge in [0.05, 0.1) is 5.56 Å². The summed E-state index contributed by atoms with van der Waals surface area (Å²) in [5.41, 5.74) is 2.47. The molecular weight excluding hydrogens is 371 g/mol. The Bertz CT molecular complexity index is 780. The second-order valence-corrected chi connectivity index (χ2v) is 7.31. The zero-order chi connectivity index (χ0) is 21.1. The average molecular weight is 402 g/mol. The van der Waals surface area contributed by atoms with Crippen molar-refractivity contribution in [3.63, 3.8) is 0 Å². The Morgan fingerprint density at radius 2 is 1.38 bits per heavy atom. The van der Waals surface area contributed by atoms with Crippen LogP contribution in [0.15, 0.2) is 48.5 Å². The molecule has 29 heavy (non-hydrogen) atoms. The topological polar surface area (TPSA) is 3.24 Å². The van der Waals surface area contributed by atoms with Gasteiger partial charge in [0.2, 0.25) is 0 Å². The van der Waals surface area contributed by atoms with Crippen LogP contribution >= 0.6 is 0 Å². The van der Waals surface area contributed by atoms with Crippen LogP contribution in [0.1, 0.15) is 68.2 Å². The largest absolute Gasteiger partial charge is 0.416 e. The molecule has 0 N–H and O–H groups in total. The Kier molecular flexibility index (Phi) is 9.28. The number of benzene rings is 2. The second kappa shape index (κ2) is 11.7. The zero-order valence-corrected chi connectivity index (χ0v) is 17.4. The molecule has 0 aliphatic heterocycles. The molecule has 2 aromatic carbocycles. The fourth-order valence-electron chi connectivity index (χ4n) is 3.09. The van der Waals surface area contributed by atoms with Crippen molar-refractivity contribution in [2.45, 2.75) is 65.2 Å². The molecule has 0 bridgehead atoms. The van der Waals surface area contributed by atoms with Gasteiger partial charge in [0.1, 0.15) is 0 Å². The Labute approximate surface area is 172 Å². The lowest BCUT2D eigenvalue weighted by Crippen LogP contribution is -2.22. The predicted molar refractivity (Wildman–Crippen MR) is 113 cm³/mol. The lowest BCUT2D eigenvalue weighted by molar-refractivity contribution is -0.137. The van der Waals surface area contributed by atoms with E-state index in [4.69, 9.17) is 0 Å². The minimum atomic E-state index is -4.29. The van der Waals surface area contributed by atoms with Crippen molar-refractivity contribution in [2.24, 2.45) is 0 Å². The highest BCUT2D eigenvalue weighted by atomic mass is 19.4. The minimum Gasteiger partial charge on any atom is -0.295 e. The van der Waals surface area contributed by atoms with Gasteiger partial charge in [-0.25, -0.2) is 0 Å². The molecule has 0 unspecified atom stereocenters. The molecule has 156 valence electrons. The molecule has 0 atom stereocenters. The summed E-state index contributed by atoms with van der Waals surface area (Å²) >= 11 is 0. The van der Waals surface area contributed by atoms with Crippen LogP contribution < -0.4 is 0 Å². The van der Waals surface area contributed by atoms with Gasteiger partial charge in [-0.1, -0.05) is 69.2 Å². The SMILES string of the molecule is CCCCCCC#Cc1ccc(CN(CC)Cc2ccc(C(F)(F)F)cc2)cc1. The third-order valence-corrected chi connectivity index (χ3v) is 4.88. The van der Waals surface area contributed by atoms with Gasteiger partial charge in [0, 0.05) is 25.1 Å². The highest BCUT2D eigenvalue weighted by molar-refractivity contribution is 5.36. The maximum absolute atomic E-state index is 12.7. The fourth-order valence-corrected chi connectivity index (χ4v) is 3.09. The summed E-state index contributed by atoms with van der Waals surface area (Å²) in [5, 5.41) is 0. The maximum Gasteiger partial charge on any atom is 0.416 e. The maximum atomic E-state index is 12.7. The highest BCUT2D eigenvalue weighted by Gasteiger charge is 2.29. The standard InChI is InChI=1S/C25H30F3N/c1-3-5-6-7-8-9-10-21-11-13-22(14-12-21)19-29(4-2)20-23-15-17-24(18-16-23)25(26,27)28/h11-18H,3-8,19-20H2,1-2H3. The van der Waals surface area contributed by atoms with Crippen LogP contribution in [-0.2, 0) is 19.3 Å². The van der Waals surface area contributed by atoms with Gasteiger partial charge >= 0.3 is 6.18 Å². The van der Waals surface area contributed by atoms with Crippen LogP contribution in [0.3, 0.4) is 0 Å². The van der Waals surface area contributed by atoms with Gasteiger partial charge in [-0.05, 0) is 48.4 Å². The summed E-state index contributed by atoms with van der Waals surface area (Å²) in [6.07, 6.45) is 1.57. The zero-order valence-electron chi connectivity index (χ0n) is 17.4. The minimum absolute atomic E-state index is 0.605. The van der Waals surface area contributed by atoms with Crippen LogP contribution in [0.5, 0.6) is 0 Å². The second-order valence-electron chi connectivity index (χ2n) is 7.31. The van der Waals surface area contributed by atoms with Crippen LogP contribution in [0, 0.1) is 11.8 Å². The molecule has 4 heteroatoms. The van der Waals surface area contributed by atoms with Gasteiger partial charge < -0.3 is 0 Å². The lowest BCUT2D eigenvalue weighted by Gasteiger charge is -2.21. The van der Waals surface area contributed by atoms with Crippen LogP contribution in [0.25, 0.3) is 0 Å². The molecule has 0 amide bonds. The average Bonchev–Trinajstić information content (AvgIpc) is 2.71. The first kappa shape index (κ1) is 23.0. The van der Waals surface area contributed by atoms with E-state index in [9.17, 15) is 13.2 Å². The molecule has 1 nitrogen and oxygen atoms in total. The molecule has 0 radical (unpaired) electrons. The molecule has 0 fully saturated rings. The Morgan fingerprint density at radius 3 is 1.90 bits per heavy atom. The monoisotopic (exact) mass is 401 g/mol. The third-order valence-electron chi connectivity index (χ3n) is 4.88. The Hall–Kier alpha value is -2.25. The summed E-state index contributed by atoms with van der Waals surface area (Å²) < 4.78 is 38.1. The number of rotatable bonds is 9. The molecular formula is C25H30F3N. The fraction of sp³-hybridized carbons (Fsp3) is 0.440. The normalized spacial score (nSPS) is 11.4. The van der Waals surface area contributed by atoms with Crippen molar-refractivity contribution in [1.82, 2.24) is 4.90 Å². The van der Waals surface area contributed by atoms with E-state index in [1.807, 2.05) is 12.1 Å². The summed E-state index contributed by atoms with van der Waals surface area (Å²) in [4.78, 5) is 2.21. The van der Waals surface area contributed by atoms with E-state index in [1.165, 1.54) is 24.8 Å². The molecule has 0 aromatic heterocycles. The predicted octanol–water partition coefficient (Wildman–Crippen LogP) is 7.05. The van der Waals surface area contributed by atoms with Gasteiger partial charge in [-0.3, -0.25) is 4.90 Å². The van der Waals surface area contributed by atoms with E-state index in [0.29, 0.717) is 6.54 Å². The molecule has 0 spiro atoms. The van der Waals surface area contributed by atoms with Crippen molar-refractivity contribution in [2.75, 3.05) is 6.54 Å². The summed E-state index contributed by atoms with van der Waals surface area (Å²) in [5.74, 6) is 6.46. The summed E-state index contributed by atoms with van der Waals surface area (Å²) in [6.45, 7) is 6.45. The molecule has 0 heterocycles. The van der Waals surface area contributed by atoms with E-state index in [-0.39, 0.29) is 0 Å². The number of hydrogen-bond acceptors (Lipinski definition) is 1. The van der Waals surface area contributed by atoms with Crippen LogP contribution in [-0.4, -0.2) is 11.4 Å². The molecule has 0 saturated carbocycles. The van der Waals surface area contributed by atoms with Gasteiger partial charge in [-0.2, -0.15) is 13.2 Å². The van der Waals surface area contributed by atoms with Crippen molar-refractivity contribution in [1.29, 1.82) is 0 Å². The summed E-state index contributed by atoms with van der Waals surface area (Å²) in [7, 11) is 0. The van der Waals surface area contributed by atoms with Gasteiger partial charge in [0.25, 0.3) is 0 Å².